The first-order chi connectivity index (χ1) is 8.15. The van der Waals surface area contributed by atoms with E-state index in [1.165, 1.54) is 6.07 Å². The van der Waals surface area contributed by atoms with Gasteiger partial charge in [0.25, 0.3) is 0 Å². The molecule has 1 nitrogen and oxygen atoms in total. The highest BCUT2D eigenvalue weighted by atomic mass is 35.5. The molecule has 1 aromatic carbocycles. The van der Waals surface area contributed by atoms with Crippen LogP contribution in [-0.4, -0.2) is 5.78 Å². The van der Waals surface area contributed by atoms with Gasteiger partial charge in [-0.25, -0.2) is 4.39 Å². The molecule has 2 rings (SSSR count). The second-order valence-electron chi connectivity index (χ2n) is 4.79. The molecule has 1 aromatic rings. The van der Waals surface area contributed by atoms with E-state index < -0.39 is 0 Å². The molecule has 0 bridgehead atoms. The van der Waals surface area contributed by atoms with Crippen LogP contribution in [0.4, 0.5) is 4.39 Å². The predicted octanol–water partition coefficient (Wildman–Crippen LogP) is 4.17. The predicted molar refractivity (Wildman–Crippen MR) is 66.7 cm³/mol. The van der Waals surface area contributed by atoms with Crippen LogP contribution >= 0.6 is 11.6 Å². The van der Waals surface area contributed by atoms with E-state index in [9.17, 15) is 9.18 Å². The van der Waals surface area contributed by atoms with Crippen LogP contribution in [0.2, 0.25) is 5.02 Å². The van der Waals surface area contributed by atoms with Gasteiger partial charge in [0.15, 0.2) is 0 Å². The van der Waals surface area contributed by atoms with E-state index in [1.54, 1.807) is 12.1 Å². The maximum absolute atomic E-state index is 13.6. The van der Waals surface area contributed by atoms with Gasteiger partial charge in [-0.1, -0.05) is 24.1 Å². The van der Waals surface area contributed by atoms with Crippen LogP contribution in [0.25, 0.3) is 0 Å². The summed E-state index contributed by atoms with van der Waals surface area (Å²) in [7, 11) is 0. The standard InChI is InChI=1S/C14H16ClFO/c15-12-6-5-11(14(16)9-12)7-10-3-1-2-4-13(17)8-10/h5-6,9-10H,1-4,7-8H2. The first-order valence-electron chi connectivity index (χ1n) is 6.11. The van der Waals surface area contributed by atoms with E-state index in [-0.39, 0.29) is 5.82 Å². The minimum absolute atomic E-state index is 0.255. The first-order valence-corrected chi connectivity index (χ1v) is 6.48. The summed E-state index contributed by atoms with van der Waals surface area (Å²) in [6.45, 7) is 0. The average molecular weight is 255 g/mol. The van der Waals surface area contributed by atoms with Crippen LogP contribution in [0.15, 0.2) is 18.2 Å². The van der Waals surface area contributed by atoms with Crippen molar-refractivity contribution in [3.05, 3.63) is 34.6 Å². The summed E-state index contributed by atoms with van der Waals surface area (Å²) in [6.07, 6.45) is 5.02. The third-order valence-electron chi connectivity index (χ3n) is 3.36. The highest BCUT2D eigenvalue weighted by molar-refractivity contribution is 6.30. The molecule has 0 aliphatic heterocycles. The van der Waals surface area contributed by atoms with E-state index in [2.05, 4.69) is 0 Å². The molecular formula is C14H16ClFO. The lowest BCUT2D eigenvalue weighted by atomic mass is 9.92. The molecule has 1 saturated carbocycles. The third kappa shape index (κ3) is 3.53. The monoisotopic (exact) mass is 254 g/mol. The Morgan fingerprint density at radius 2 is 2.18 bits per heavy atom. The molecule has 1 aliphatic rings. The summed E-state index contributed by atoms with van der Waals surface area (Å²) in [5.74, 6) is 0.358. The minimum atomic E-state index is -0.255. The molecule has 3 heteroatoms. The maximum Gasteiger partial charge on any atom is 0.133 e. The number of ketones is 1. The Morgan fingerprint density at radius 1 is 1.35 bits per heavy atom. The second kappa shape index (κ2) is 5.63. The number of rotatable bonds is 2. The normalized spacial score (nSPS) is 21.3. The number of carbonyl (C=O) groups excluding carboxylic acids is 1. The Morgan fingerprint density at radius 3 is 2.94 bits per heavy atom. The maximum atomic E-state index is 13.6. The van der Waals surface area contributed by atoms with Crippen molar-refractivity contribution in [1.29, 1.82) is 0 Å². The van der Waals surface area contributed by atoms with Crippen molar-refractivity contribution in [2.75, 3.05) is 0 Å². The van der Waals surface area contributed by atoms with Gasteiger partial charge in [-0.2, -0.15) is 0 Å². The van der Waals surface area contributed by atoms with Gasteiger partial charge in [0.2, 0.25) is 0 Å². The Balaban J connectivity index is 2.06. The molecule has 1 aliphatic carbocycles. The van der Waals surface area contributed by atoms with Crippen LogP contribution in [0.5, 0.6) is 0 Å². The molecule has 1 fully saturated rings. The molecule has 0 spiro atoms. The van der Waals surface area contributed by atoms with Gasteiger partial charge in [-0.3, -0.25) is 4.79 Å². The number of benzene rings is 1. The minimum Gasteiger partial charge on any atom is -0.300 e. The van der Waals surface area contributed by atoms with Gasteiger partial charge in [0.1, 0.15) is 11.6 Å². The number of carbonyl (C=O) groups is 1. The van der Waals surface area contributed by atoms with Crippen molar-refractivity contribution in [2.24, 2.45) is 5.92 Å². The van der Waals surface area contributed by atoms with Crippen LogP contribution in [0.3, 0.4) is 0 Å². The van der Waals surface area contributed by atoms with Crippen LogP contribution in [-0.2, 0) is 11.2 Å². The number of halogens is 2. The lowest BCUT2D eigenvalue weighted by Gasteiger charge is -2.13. The van der Waals surface area contributed by atoms with E-state index in [0.717, 1.165) is 19.3 Å². The molecule has 0 saturated heterocycles. The molecule has 0 heterocycles. The number of hydrogen-bond acceptors (Lipinski definition) is 1. The van der Waals surface area contributed by atoms with Gasteiger partial charge >= 0.3 is 0 Å². The highest BCUT2D eigenvalue weighted by Crippen LogP contribution is 2.26. The van der Waals surface area contributed by atoms with E-state index in [0.29, 0.717) is 41.5 Å². The van der Waals surface area contributed by atoms with Gasteiger partial charge in [-0.05, 0) is 42.9 Å². The largest absolute Gasteiger partial charge is 0.300 e. The summed E-state index contributed by atoms with van der Waals surface area (Å²) in [5, 5.41) is 0.420. The van der Waals surface area contributed by atoms with Crippen molar-refractivity contribution in [1.82, 2.24) is 0 Å². The van der Waals surface area contributed by atoms with Gasteiger partial charge in [-0.15, -0.1) is 0 Å². The van der Waals surface area contributed by atoms with E-state index >= 15 is 0 Å². The molecule has 0 N–H and O–H groups in total. The fourth-order valence-corrected chi connectivity index (χ4v) is 2.61. The van der Waals surface area contributed by atoms with E-state index in [1.807, 2.05) is 0 Å². The summed E-state index contributed by atoms with van der Waals surface area (Å²) in [6, 6.07) is 4.78. The third-order valence-corrected chi connectivity index (χ3v) is 3.59. The van der Waals surface area contributed by atoms with Crippen LogP contribution in [0.1, 0.15) is 37.7 Å². The topological polar surface area (TPSA) is 17.1 Å². The average Bonchev–Trinajstić information content (AvgIpc) is 2.47. The lowest BCUT2D eigenvalue weighted by molar-refractivity contribution is -0.119. The van der Waals surface area contributed by atoms with Gasteiger partial charge < -0.3 is 0 Å². The Hall–Kier alpha value is -0.890. The summed E-state index contributed by atoms with van der Waals surface area (Å²) in [5.41, 5.74) is 0.675. The first kappa shape index (κ1) is 12.6. The zero-order chi connectivity index (χ0) is 12.3. The smallest absolute Gasteiger partial charge is 0.133 e. The van der Waals surface area contributed by atoms with Crippen molar-refractivity contribution in [2.45, 2.75) is 38.5 Å². The fraction of sp³-hybridized carbons (Fsp3) is 0.500. The van der Waals surface area contributed by atoms with Crippen molar-refractivity contribution in [3.8, 4) is 0 Å². The molecule has 1 atom stereocenters. The summed E-state index contributed by atoms with van der Waals surface area (Å²) < 4.78 is 13.6. The zero-order valence-electron chi connectivity index (χ0n) is 9.72. The van der Waals surface area contributed by atoms with Gasteiger partial charge in [0.05, 0.1) is 0 Å². The molecule has 92 valence electrons. The van der Waals surface area contributed by atoms with Crippen molar-refractivity contribution in [3.63, 3.8) is 0 Å². The van der Waals surface area contributed by atoms with Crippen LogP contribution < -0.4 is 0 Å². The molecule has 0 aromatic heterocycles. The molecular weight excluding hydrogens is 239 g/mol. The van der Waals surface area contributed by atoms with E-state index in [4.69, 9.17) is 11.6 Å². The Labute approximate surface area is 106 Å². The van der Waals surface area contributed by atoms with Crippen molar-refractivity contribution >= 4 is 17.4 Å². The molecule has 0 radical (unpaired) electrons. The summed E-state index contributed by atoms with van der Waals surface area (Å²) in [4.78, 5) is 11.5. The second-order valence-corrected chi connectivity index (χ2v) is 5.23. The molecule has 17 heavy (non-hydrogen) atoms. The number of Topliss-reactive ketones (excluding diaryl/α,β-unsaturated/α-hetero) is 1. The number of hydrogen-bond donors (Lipinski definition) is 0. The molecule has 0 amide bonds. The summed E-state index contributed by atoms with van der Waals surface area (Å²) >= 11 is 5.71. The molecule has 1 unspecified atom stereocenters. The van der Waals surface area contributed by atoms with Crippen molar-refractivity contribution < 1.29 is 9.18 Å². The van der Waals surface area contributed by atoms with Gasteiger partial charge in [0, 0.05) is 17.9 Å². The SMILES string of the molecule is O=C1CCCCC(Cc2ccc(Cl)cc2F)C1. The van der Waals surface area contributed by atoms with Crippen LogP contribution in [0, 0.1) is 11.7 Å². The quantitative estimate of drug-likeness (QED) is 0.724. The Kier molecular flexibility index (Phi) is 4.16. The Bertz CT molecular complexity index is 417. The highest BCUT2D eigenvalue weighted by Gasteiger charge is 2.19. The zero-order valence-corrected chi connectivity index (χ0v) is 10.5. The fourth-order valence-electron chi connectivity index (χ4n) is 2.45. The lowest BCUT2D eigenvalue weighted by Crippen LogP contribution is -2.09.